The van der Waals surface area contributed by atoms with E-state index in [1.54, 1.807) is 4.90 Å². The van der Waals surface area contributed by atoms with E-state index >= 15 is 0 Å². The molecule has 0 aliphatic carbocycles. The van der Waals surface area contributed by atoms with Crippen molar-refractivity contribution in [1.29, 1.82) is 0 Å². The van der Waals surface area contributed by atoms with E-state index in [9.17, 15) is 18.8 Å². The number of aromatic nitrogens is 1. The standard InChI is InChI=1S/C19H23FN4O3.ClH/c20-12-4-5-14-15(10-18(26)23-16(14)9-12)19(27)24-8-2-1-3-13(24)11-22-17(25)6-7-21;/h4-5,9-10,13H,1-3,6-8,11,21H2,(H,22,25)(H,23,26);1H. The van der Waals surface area contributed by atoms with Gasteiger partial charge < -0.3 is 20.9 Å². The molecule has 1 fully saturated rings. The lowest BCUT2D eigenvalue weighted by Crippen LogP contribution is -2.49. The van der Waals surface area contributed by atoms with Crippen LogP contribution in [-0.2, 0) is 4.79 Å². The minimum absolute atomic E-state index is 0. The number of fused-ring (bicyclic) bond motifs is 1. The second kappa shape index (κ2) is 9.66. The van der Waals surface area contributed by atoms with Gasteiger partial charge in [0.25, 0.3) is 5.91 Å². The molecule has 2 amide bonds. The Labute approximate surface area is 167 Å². The van der Waals surface area contributed by atoms with Crippen molar-refractivity contribution in [1.82, 2.24) is 15.2 Å². The van der Waals surface area contributed by atoms with Gasteiger partial charge in [-0.15, -0.1) is 12.4 Å². The van der Waals surface area contributed by atoms with Crippen LogP contribution in [0.3, 0.4) is 0 Å². The van der Waals surface area contributed by atoms with E-state index in [0.717, 1.165) is 19.3 Å². The molecule has 0 saturated carbocycles. The maximum absolute atomic E-state index is 13.5. The van der Waals surface area contributed by atoms with Crippen LogP contribution < -0.4 is 16.6 Å². The number of carbonyl (C=O) groups excluding carboxylic acids is 2. The first-order chi connectivity index (χ1) is 13.0. The molecule has 0 spiro atoms. The molecule has 1 unspecified atom stereocenters. The summed E-state index contributed by atoms with van der Waals surface area (Å²) in [4.78, 5) is 41.1. The van der Waals surface area contributed by atoms with E-state index in [1.807, 2.05) is 0 Å². The summed E-state index contributed by atoms with van der Waals surface area (Å²) in [7, 11) is 0. The molecule has 1 aromatic carbocycles. The molecule has 1 aromatic heterocycles. The second-order valence-corrected chi connectivity index (χ2v) is 6.73. The minimum atomic E-state index is -0.485. The molecule has 9 heteroatoms. The molecule has 0 bridgehead atoms. The molecular weight excluding hydrogens is 387 g/mol. The van der Waals surface area contributed by atoms with Crippen LogP contribution in [0.4, 0.5) is 4.39 Å². The number of nitrogens with two attached hydrogens (primary N) is 1. The van der Waals surface area contributed by atoms with Gasteiger partial charge in [-0.3, -0.25) is 14.4 Å². The van der Waals surface area contributed by atoms with Crippen LogP contribution in [0.1, 0.15) is 36.0 Å². The molecule has 0 radical (unpaired) electrons. The van der Waals surface area contributed by atoms with E-state index in [-0.39, 0.29) is 54.3 Å². The Morgan fingerprint density at radius 3 is 2.82 bits per heavy atom. The Balaban J connectivity index is 0.00000280. The maximum atomic E-state index is 13.5. The van der Waals surface area contributed by atoms with E-state index < -0.39 is 11.4 Å². The van der Waals surface area contributed by atoms with Gasteiger partial charge in [0.15, 0.2) is 0 Å². The third-order valence-corrected chi connectivity index (χ3v) is 4.83. The highest BCUT2D eigenvalue weighted by atomic mass is 35.5. The number of rotatable bonds is 5. The maximum Gasteiger partial charge on any atom is 0.255 e. The van der Waals surface area contributed by atoms with Gasteiger partial charge in [-0.25, -0.2) is 4.39 Å². The first-order valence-electron chi connectivity index (χ1n) is 9.10. The molecule has 1 atom stereocenters. The van der Waals surface area contributed by atoms with Gasteiger partial charge in [0.2, 0.25) is 11.5 Å². The van der Waals surface area contributed by atoms with Gasteiger partial charge in [0, 0.05) is 43.5 Å². The fraction of sp³-hybridized carbons (Fsp3) is 0.421. The molecular formula is C19H24ClFN4O3. The summed E-state index contributed by atoms with van der Waals surface area (Å²) in [5, 5.41) is 3.31. The topological polar surface area (TPSA) is 108 Å². The number of H-pyrrole nitrogens is 1. The smallest absolute Gasteiger partial charge is 0.255 e. The Hall–Kier alpha value is -2.45. The van der Waals surface area contributed by atoms with Crippen LogP contribution >= 0.6 is 12.4 Å². The number of aromatic amines is 1. The monoisotopic (exact) mass is 410 g/mol. The Morgan fingerprint density at radius 2 is 2.07 bits per heavy atom. The fourth-order valence-corrected chi connectivity index (χ4v) is 3.50. The lowest BCUT2D eigenvalue weighted by atomic mass is 9.99. The first kappa shape index (κ1) is 21.8. The number of nitrogens with one attached hydrogen (secondary N) is 2. The summed E-state index contributed by atoms with van der Waals surface area (Å²) in [5.74, 6) is -0.913. The number of hydrogen-bond acceptors (Lipinski definition) is 4. The highest BCUT2D eigenvalue weighted by molar-refractivity contribution is 6.06. The molecule has 2 aromatic rings. The fourth-order valence-electron chi connectivity index (χ4n) is 3.50. The van der Waals surface area contributed by atoms with E-state index in [4.69, 9.17) is 5.73 Å². The van der Waals surface area contributed by atoms with Crippen molar-refractivity contribution < 1.29 is 14.0 Å². The number of halogens is 2. The van der Waals surface area contributed by atoms with Crippen molar-refractivity contribution in [2.75, 3.05) is 19.6 Å². The van der Waals surface area contributed by atoms with Crippen molar-refractivity contribution >= 4 is 35.1 Å². The predicted octanol–water partition coefficient (Wildman–Crippen LogP) is 1.55. The Kier molecular flexibility index (Phi) is 7.53. The highest BCUT2D eigenvalue weighted by Crippen LogP contribution is 2.23. The quantitative estimate of drug-likeness (QED) is 0.694. The summed E-state index contributed by atoms with van der Waals surface area (Å²) in [6.45, 7) is 1.17. The number of likely N-dealkylation sites (tertiary alicyclic amines) is 1. The number of piperidine rings is 1. The molecule has 2 heterocycles. The second-order valence-electron chi connectivity index (χ2n) is 6.73. The highest BCUT2D eigenvalue weighted by Gasteiger charge is 2.29. The molecule has 1 aliphatic heterocycles. The summed E-state index contributed by atoms with van der Waals surface area (Å²) in [5.41, 5.74) is 5.46. The van der Waals surface area contributed by atoms with Gasteiger partial charge in [0.05, 0.1) is 11.1 Å². The van der Waals surface area contributed by atoms with Crippen LogP contribution in [0.5, 0.6) is 0 Å². The molecule has 3 rings (SSSR count). The summed E-state index contributed by atoms with van der Waals surface area (Å²) in [6.07, 6.45) is 2.83. The van der Waals surface area contributed by atoms with E-state index in [1.165, 1.54) is 24.3 Å². The minimum Gasteiger partial charge on any atom is -0.354 e. The number of pyridine rings is 1. The average molecular weight is 411 g/mol. The zero-order valence-corrected chi connectivity index (χ0v) is 16.2. The zero-order chi connectivity index (χ0) is 19.4. The van der Waals surface area contributed by atoms with Gasteiger partial charge in [-0.05, 0) is 37.5 Å². The number of carbonyl (C=O) groups is 2. The lowest BCUT2D eigenvalue weighted by Gasteiger charge is -2.36. The number of hydrogen-bond donors (Lipinski definition) is 3. The number of nitrogens with zero attached hydrogens (tertiary/aromatic N) is 1. The SMILES string of the molecule is Cl.NCCC(=O)NCC1CCCCN1C(=O)c1cc(=O)[nH]c2cc(F)ccc12. The Bertz CT molecular complexity index is 918. The lowest BCUT2D eigenvalue weighted by molar-refractivity contribution is -0.121. The predicted molar refractivity (Wildman–Crippen MR) is 107 cm³/mol. The zero-order valence-electron chi connectivity index (χ0n) is 15.4. The normalized spacial score (nSPS) is 16.5. The molecule has 4 N–H and O–H groups in total. The van der Waals surface area contributed by atoms with Crippen molar-refractivity contribution in [2.45, 2.75) is 31.7 Å². The van der Waals surface area contributed by atoms with Crippen molar-refractivity contribution in [3.63, 3.8) is 0 Å². The van der Waals surface area contributed by atoms with Crippen LogP contribution in [-0.4, -0.2) is 47.4 Å². The molecule has 152 valence electrons. The summed E-state index contributed by atoms with van der Waals surface area (Å²) >= 11 is 0. The van der Waals surface area contributed by atoms with Crippen LogP contribution in [0.2, 0.25) is 0 Å². The summed E-state index contributed by atoms with van der Waals surface area (Å²) in [6, 6.07) is 5.06. The van der Waals surface area contributed by atoms with Gasteiger partial charge in [-0.2, -0.15) is 0 Å². The number of amides is 2. The van der Waals surface area contributed by atoms with Crippen LogP contribution in [0.15, 0.2) is 29.1 Å². The largest absolute Gasteiger partial charge is 0.354 e. The summed E-state index contributed by atoms with van der Waals surface area (Å²) < 4.78 is 13.5. The molecule has 1 aliphatic rings. The molecule has 7 nitrogen and oxygen atoms in total. The van der Waals surface area contributed by atoms with Crippen LogP contribution in [0, 0.1) is 5.82 Å². The molecule has 1 saturated heterocycles. The van der Waals surface area contributed by atoms with Crippen molar-refractivity contribution in [3.8, 4) is 0 Å². The van der Waals surface area contributed by atoms with Crippen molar-refractivity contribution in [3.05, 3.63) is 46.0 Å². The van der Waals surface area contributed by atoms with Gasteiger partial charge >= 0.3 is 0 Å². The third-order valence-electron chi connectivity index (χ3n) is 4.83. The van der Waals surface area contributed by atoms with Gasteiger partial charge in [-0.1, -0.05) is 0 Å². The van der Waals surface area contributed by atoms with E-state index in [2.05, 4.69) is 10.3 Å². The first-order valence-corrected chi connectivity index (χ1v) is 9.10. The Morgan fingerprint density at radius 1 is 1.29 bits per heavy atom. The third kappa shape index (κ3) is 4.88. The number of benzene rings is 1. The average Bonchev–Trinajstić information content (AvgIpc) is 2.65. The van der Waals surface area contributed by atoms with Gasteiger partial charge in [0.1, 0.15) is 5.82 Å². The van der Waals surface area contributed by atoms with E-state index in [0.29, 0.717) is 18.5 Å². The van der Waals surface area contributed by atoms with Crippen LogP contribution in [0.25, 0.3) is 10.9 Å². The molecule has 28 heavy (non-hydrogen) atoms. The van der Waals surface area contributed by atoms with Crippen molar-refractivity contribution in [2.24, 2.45) is 5.73 Å².